The van der Waals surface area contributed by atoms with Crippen molar-refractivity contribution < 1.29 is 14.4 Å². The maximum absolute atomic E-state index is 12.5. The van der Waals surface area contributed by atoms with Crippen LogP contribution in [0.3, 0.4) is 0 Å². The van der Waals surface area contributed by atoms with E-state index in [1.807, 2.05) is 18.2 Å². The fourth-order valence-electron chi connectivity index (χ4n) is 2.07. The highest BCUT2D eigenvalue weighted by Gasteiger charge is 2.28. The lowest BCUT2D eigenvalue weighted by Gasteiger charge is -2.27. The molecule has 126 valence electrons. The summed E-state index contributed by atoms with van der Waals surface area (Å²) in [6, 6.07) is 7.75. The smallest absolute Gasteiger partial charge is 0.321 e. The maximum Gasteiger partial charge on any atom is 0.321 e. The number of hydrogen-bond acceptors (Lipinski definition) is 4. The largest absolute Gasteiger partial charge is 0.348 e. The van der Waals surface area contributed by atoms with Crippen LogP contribution in [0.5, 0.6) is 0 Å². The number of nitrogens with zero attached hydrogens (tertiary/aromatic N) is 2. The van der Waals surface area contributed by atoms with Crippen LogP contribution in [-0.2, 0) is 9.59 Å². The topological polar surface area (TPSA) is 81.8 Å². The molecule has 0 bridgehead atoms. The number of carbonyl (C=O) groups is 3. The van der Waals surface area contributed by atoms with Gasteiger partial charge in [0.1, 0.15) is 6.04 Å². The predicted octanol–water partition coefficient (Wildman–Crippen LogP) is 0.593. The number of hydrogen-bond donors (Lipinski definition) is 2. The number of rotatable bonds is 6. The minimum Gasteiger partial charge on any atom is -0.348 e. The minimum atomic E-state index is -0.734. The van der Waals surface area contributed by atoms with Crippen LogP contribution in [0, 0.1) is 0 Å². The van der Waals surface area contributed by atoms with E-state index in [2.05, 4.69) is 10.6 Å². The van der Waals surface area contributed by atoms with Crippen LogP contribution in [0.25, 0.3) is 0 Å². The van der Waals surface area contributed by atoms with Gasteiger partial charge in [-0.25, -0.2) is 4.79 Å². The Balaban J connectivity index is 2.96. The van der Waals surface area contributed by atoms with Crippen molar-refractivity contribution in [2.24, 2.45) is 0 Å². The van der Waals surface area contributed by atoms with Crippen molar-refractivity contribution in [3.05, 3.63) is 35.9 Å². The van der Waals surface area contributed by atoms with Crippen molar-refractivity contribution in [3.8, 4) is 0 Å². The highest BCUT2D eigenvalue weighted by Crippen LogP contribution is 2.19. The molecule has 1 atom stereocenters. The number of benzene rings is 1. The predicted molar refractivity (Wildman–Crippen MR) is 87.7 cm³/mol. The van der Waals surface area contributed by atoms with Gasteiger partial charge in [-0.15, -0.1) is 0 Å². The summed E-state index contributed by atoms with van der Waals surface area (Å²) in [6.45, 7) is 2.25. The molecule has 1 aromatic carbocycles. The van der Waals surface area contributed by atoms with Gasteiger partial charge in [0.25, 0.3) is 0 Å². The summed E-state index contributed by atoms with van der Waals surface area (Å²) in [7, 11) is 4.99. The zero-order valence-electron chi connectivity index (χ0n) is 14.0. The first-order valence-electron chi connectivity index (χ1n) is 7.40. The molecule has 0 saturated carbocycles. The van der Waals surface area contributed by atoms with E-state index in [1.165, 1.54) is 4.90 Å². The molecule has 0 saturated heterocycles. The third kappa shape index (κ3) is 5.71. The average Bonchev–Trinajstić information content (AvgIpc) is 2.48. The van der Waals surface area contributed by atoms with E-state index in [0.29, 0.717) is 12.1 Å². The number of carbonyl (C=O) groups excluding carboxylic acids is 3. The van der Waals surface area contributed by atoms with Crippen molar-refractivity contribution in [2.75, 3.05) is 34.2 Å². The molecule has 0 aliphatic heterocycles. The van der Waals surface area contributed by atoms with Gasteiger partial charge in [0, 0.05) is 20.6 Å². The third-order valence-electron chi connectivity index (χ3n) is 3.26. The fourth-order valence-corrected chi connectivity index (χ4v) is 2.07. The first-order valence-corrected chi connectivity index (χ1v) is 7.40. The van der Waals surface area contributed by atoms with Crippen LogP contribution in [0.4, 0.5) is 4.79 Å². The van der Waals surface area contributed by atoms with E-state index in [0.717, 1.165) is 0 Å². The van der Waals surface area contributed by atoms with Crippen molar-refractivity contribution in [3.63, 3.8) is 0 Å². The van der Waals surface area contributed by atoms with Crippen molar-refractivity contribution >= 4 is 17.8 Å². The minimum absolute atomic E-state index is 0.0649. The van der Waals surface area contributed by atoms with Gasteiger partial charge in [-0.1, -0.05) is 30.3 Å². The zero-order chi connectivity index (χ0) is 17.4. The zero-order valence-corrected chi connectivity index (χ0v) is 14.0. The van der Waals surface area contributed by atoms with E-state index >= 15 is 0 Å². The molecule has 1 aromatic rings. The Morgan fingerprint density at radius 3 is 2.22 bits per heavy atom. The molecule has 0 aromatic heterocycles. The van der Waals surface area contributed by atoms with E-state index in [1.54, 1.807) is 45.1 Å². The molecule has 0 unspecified atom stereocenters. The van der Waals surface area contributed by atoms with Gasteiger partial charge in [0.05, 0.1) is 6.54 Å². The van der Waals surface area contributed by atoms with Gasteiger partial charge < -0.3 is 10.2 Å². The lowest BCUT2D eigenvalue weighted by Crippen LogP contribution is -2.47. The Bertz CT molecular complexity index is 546. The molecule has 0 spiro atoms. The molecule has 7 heteroatoms. The summed E-state index contributed by atoms with van der Waals surface area (Å²) in [4.78, 5) is 39.1. The SMILES string of the molecule is CCNC(=O)NC(=O)[C@@H](c1ccccc1)N(C)CC(=O)N(C)C. The highest BCUT2D eigenvalue weighted by atomic mass is 16.2. The Labute approximate surface area is 136 Å². The first-order chi connectivity index (χ1) is 10.9. The number of likely N-dealkylation sites (N-methyl/N-ethyl adjacent to an activating group) is 2. The quantitative estimate of drug-likeness (QED) is 0.804. The summed E-state index contributed by atoms with van der Waals surface area (Å²) < 4.78 is 0. The first kappa shape index (κ1) is 18.6. The van der Waals surface area contributed by atoms with Gasteiger partial charge in [0.2, 0.25) is 11.8 Å². The maximum atomic E-state index is 12.5. The van der Waals surface area contributed by atoms with Crippen LogP contribution in [0.15, 0.2) is 30.3 Å². The number of imide groups is 1. The van der Waals surface area contributed by atoms with Gasteiger partial charge in [-0.2, -0.15) is 0 Å². The van der Waals surface area contributed by atoms with Crippen LogP contribution in [-0.4, -0.2) is 61.9 Å². The van der Waals surface area contributed by atoms with Crippen molar-refractivity contribution in [1.82, 2.24) is 20.4 Å². The number of amides is 4. The highest BCUT2D eigenvalue weighted by molar-refractivity contribution is 5.97. The van der Waals surface area contributed by atoms with E-state index in [4.69, 9.17) is 0 Å². The van der Waals surface area contributed by atoms with E-state index in [-0.39, 0.29) is 12.5 Å². The molecular weight excluding hydrogens is 296 g/mol. The Morgan fingerprint density at radius 1 is 1.09 bits per heavy atom. The summed E-state index contributed by atoms with van der Waals surface area (Å²) in [5.41, 5.74) is 0.711. The monoisotopic (exact) mass is 320 g/mol. The second kappa shape index (κ2) is 8.89. The third-order valence-corrected chi connectivity index (χ3v) is 3.26. The summed E-state index contributed by atoms with van der Waals surface area (Å²) in [5, 5.41) is 4.82. The second-order valence-electron chi connectivity index (χ2n) is 5.37. The molecule has 0 aliphatic carbocycles. The second-order valence-corrected chi connectivity index (χ2v) is 5.37. The Hall–Kier alpha value is -2.41. The normalized spacial score (nSPS) is 11.7. The summed E-state index contributed by atoms with van der Waals surface area (Å²) in [5.74, 6) is -0.601. The summed E-state index contributed by atoms with van der Waals surface area (Å²) in [6.07, 6.45) is 0. The molecule has 0 fully saturated rings. The van der Waals surface area contributed by atoms with Gasteiger partial charge in [-0.05, 0) is 19.5 Å². The molecular formula is C16H24N4O3. The van der Waals surface area contributed by atoms with Gasteiger partial charge >= 0.3 is 6.03 Å². The summed E-state index contributed by atoms with van der Waals surface area (Å²) >= 11 is 0. The molecule has 0 radical (unpaired) electrons. The molecule has 1 rings (SSSR count). The van der Waals surface area contributed by atoms with Gasteiger partial charge in [0.15, 0.2) is 0 Å². The number of nitrogens with one attached hydrogen (secondary N) is 2. The molecule has 2 N–H and O–H groups in total. The van der Waals surface area contributed by atoms with Crippen LogP contribution >= 0.6 is 0 Å². The van der Waals surface area contributed by atoms with E-state index < -0.39 is 18.0 Å². The number of urea groups is 1. The van der Waals surface area contributed by atoms with Crippen LogP contribution < -0.4 is 10.6 Å². The van der Waals surface area contributed by atoms with Crippen molar-refractivity contribution in [1.29, 1.82) is 0 Å². The van der Waals surface area contributed by atoms with Gasteiger partial charge in [-0.3, -0.25) is 19.8 Å². The van der Waals surface area contributed by atoms with Crippen LogP contribution in [0.1, 0.15) is 18.5 Å². The lowest BCUT2D eigenvalue weighted by molar-refractivity contribution is -0.132. The molecule has 7 nitrogen and oxygen atoms in total. The molecule has 0 aliphatic rings. The van der Waals surface area contributed by atoms with E-state index in [9.17, 15) is 14.4 Å². The van der Waals surface area contributed by atoms with Crippen LogP contribution in [0.2, 0.25) is 0 Å². The average molecular weight is 320 g/mol. The Morgan fingerprint density at radius 2 is 1.70 bits per heavy atom. The molecule has 4 amide bonds. The standard InChI is InChI=1S/C16H24N4O3/c1-5-17-16(23)18-15(22)14(12-9-7-6-8-10-12)20(4)11-13(21)19(2)3/h6-10,14H,5,11H2,1-4H3,(H2,17,18,22,23)/t14-/m1/s1. The van der Waals surface area contributed by atoms with Crippen molar-refractivity contribution in [2.45, 2.75) is 13.0 Å². The molecule has 23 heavy (non-hydrogen) atoms. The molecule has 0 heterocycles. The Kier molecular flexibility index (Phi) is 7.21. The fraction of sp³-hybridized carbons (Fsp3) is 0.438. The lowest BCUT2D eigenvalue weighted by atomic mass is 10.0.